The van der Waals surface area contributed by atoms with Gasteiger partial charge in [0.2, 0.25) is 0 Å². The molecular formula is C11H17BN2O4. The first-order chi connectivity index (χ1) is 8.28. The molecule has 6 nitrogen and oxygen atoms in total. The Morgan fingerprint density at radius 3 is 2.56 bits per heavy atom. The van der Waals surface area contributed by atoms with E-state index < -0.39 is 18.8 Å². The van der Waals surface area contributed by atoms with Gasteiger partial charge in [-0.15, -0.1) is 0 Å². The third kappa shape index (κ3) is 5.16. The fraction of sp³-hybridized carbons (Fsp3) is 0.455. The van der Waals surface area contributed by atoms with Gasteiger partial charge >= 0.3 is 13.2 Å². The molecule has 1 aromatic heterocycles. The summed E-state index contributed by atoms with van der Waals surface area (Å²) >= 11 is 0. The molecule has 0 saturated carbocycles. The van der Waals surface area contributed by atoms with Gasteiger partial charge in [-0.1, -0.05) is 6.07 Å². The van der Waals surface area contributed by atoms with E-state index in [1.807, 2.05) is 0 Å². The number of aromatic nitrogens is 1. The zero-order chi connectivity index (χ0) is 13.8. The van der Waals surface area contributed by atoms with E-state index >= 15 is 0 Å². The van der Waals surface area contributed by atoms with Crippen molar-refractivity contribution in [2.24, 2.45) is 0 Å². The summed E-state index contributed by atoms with van der Waals surface area (Å²) in [4.78, 5) is 15.3. The van der Waals surface area contributed by atoms with E-state index in [1.54, 1.807) is 26.8 Å². The van der Waals surface area contributed by atoms with Crippen LogP contribution in [0.5, 0.6) is 0 Å². The predicted octanol–water partition coefficient (Wildman–Crippen LogP) is -0.214. The predicted molar refractivity (Wildman–Crippen MR) is 67.1 cm³/mol. The van der Waals surface area contributed by atoms with Crippen molar-refractivity contribution in [2.75, 3.05) is 0 Å². The summed E-state index contributed by atoms with van der Waals surface area (Å²) in [6, 6.07) is 3.13. The molecule has 0 spiro atoms. The average Bonchev–Trinajstić information content (AvgIpc) is 2.24. The minimum Gasteiger partial charge on any atom is -0.444 e. The standard InChI is InChI=1S/C11H17BN2O4/c1-11(2,3)18-10(15)14-7-9-5-4-8(6-13-9)12(16)17/h4-6,16-17H,7H2,1-3H3,(H,14,15). The number of hydrogen-bond acceptors (Lipinski definition) is 5. The summed E-state index contributed by atoms with van der Waals surface area (Å²) < 4.78 is 5.06. The Morgan fingerprint density at radius 2 is 2.11 bits per heavy atom. The summed E-state index contributed by atoms with van der Waals surface area (Å²) in [5, 5.41) is 20.3. The molecule has 0 aliphatic carbocycles. The lowest BCUT2D eigenvalue weighted by Crippen LogP contribution is -2.33. The zero-order valence-electron chi connectivity index (χ0n) is 10.7. The lowest BCUT2D eigenvalue weighted by atomic mass is 9.82. The van der Waals surface area contributed by atoms with Crippen LogP contribution in [0.2, 0.25) is 0 Å². The van der Waals surface area contributed by atoms with E-state index in [0.29, 0.717) is 11.2 Å². The van der Waals surface area contributed by atoms with Crippen LogP contribution in [0.3, 0.4) is 0 Å². The van der Waals surface area contributed by atoms with Crippen LogP contribution in [-0.2, 0) is 11.3 Å². The summed E-state index contributed by atoms with van der Waals surface area (Å²) in [6.07, 6.45) is 0.826. The van der Waals surface area contributed by atoms with Crippen LogP contribution in [0, 0.1) is 0 Å². The monoisotopic (exact) mass is 252 g/mol. The van der Waals surface area contributed by atoms with Gasteiger partial charge in [0.15, 0.2) is 0 Å². The van der Waals surface area contributed by atoms with Crippen LogP contribution < -0.4 is 10.8 Å². The first-order valence-corrected chi connectivity index (χ1v) is 5.56. The summed E-state index contributed by atoms with van der Waals surface area (Å²) in [7, 11) is -1.54. The van der Waals surface area contributed by atoms with Gasteiger partial charge in [-0.25, -0.2) is 4.79 Å². The van der Waals surface area contributed by atoms with Crippen LogP contribution in [0.4, 0.5) is 4.79 Å². The number of pyridine rings is 1. The lowest BCUT2D eigenvalue weighted by Gasteiger charge is -2.19. The molecular weight excluding hydrogens is 235 g/mol. The van der Waals surface area contributed by atoms with Crippen LogP contribution in [0.15, 0.2) is 18.3 Å². The van der Waals surface area contributed by atoms with Crippen LogP contribution >= 0.6 is 0 Å². The molecule has 1 rings (SSSR count). The average molecular weight is 252 g/mol. The third-order valence-corrected chi connectivity index (χ3v) is 1.96. The number of alkyl carbamates (subject to hydrolysis) is 1. The number of rotatable bonds is 3. The van der Waals surface area contributed by atoms with Crippen molar-refractivity contribution >= 4 is 18.7 Å². The maximum atomic E-state index is 11.4. The third-order valence-electron chi connectivity index (χ3n) is 1.96. The molecule has 7 heteroatoms. The fourth-order valence-corrected chi connectivity index (χ4v) is 1.17. The normalized spacial score (nSPS) is 10.9. The highest BCUT2D eigenvalue weighted by Crippen LogP contribution is 2.06. The Labute approximate surface area is 106 Å². The molecule has 1 aromatic rings. The van der Waals surface area contributed by atoms with E-state index in [-0.39, 0.29) is 6.54 Å². The first-order valence-electron chi connectivity index (χ1n) is 5.56. The Balaban J connectivity index is 2.46. The number of hydrogen-bond donors (Lipinski definition) is 3. The highest BCUT2D eigenvalue weighted by Gasteiger charge is 2.16. The van der Waals surface area contributed by atoms with Gasteiger partial charge in [-0.3, -0.25) is 4.98 Å². The van der Waals surface area contributed by atoms with Crippen molar-refractivity contribution in [3.05, 3.63) is 24.0 Å². The molecule has 1 heterocycles. The van der Waals surface area contributed by atoms with Crippen molar-refractivity contribution in [3.8, 4) is 0 Å². The van der Waals surface area contributed by atoms with E-state index in [1.165, 1.54) is 12.3 Å². The molecule has 0 aliphatic heterocycles. The van der Waals surface area contributed by atoms with Gasteiger partial charge < -0.3 is 20.1 Å². The summed E-state index contributed by atoms with van der Waals surface area (Å²) in [5.41, 5.74) is 0.365. The number of carbonyl (C=O) groups excluding carboxylic acids is 1. The molecule has 18 heavy (non-hydrogen) atoms. The zero-order valence-corrected chi connectivity index (χ0v) is 10.7. The van der Waals surface area contributed by atoms with Crippen molar-refractivity contribution < 1.29 is 19.6 Å². The number of nitrogens with zero attached hydrogens (tertiary/aromatic N) is 1. The van der Waals surface area contributed by atoms with Gasteiger partial charge in [-0.05, 0) is 26.8 Å². The van der Waals surface area contributed by atoms with Crippen molar-refractivity contribution in [1.82, 2.24) is 10.3 Å². The molecule has 0 fully saturated rings. The second-order valence-corrected chi connectivity index (χ2v) is 4.81. The molecule has 0 atom stereocenters. The quantitative estimate of drug-likeness (QED) is 0.647. The number of ether oxygens (including phenoxy) is 1. The summed E-state index contributed by atoms with van der Waals surface area (Å²) in [5.74, 6) is 0. The van der Waals surface area contributed by atoms with E-state index in [9.17, 15) is 4.79 Å². The SMILES string of the molecule is CC(C)(C)OC(=O)NCc1ccc(B(O)O)cn1. The maximum absolute atomic E-state index is 11.4. The number of nitrogens with one attached hydrogen (secondary N) is 1. The fourth-order valence-electron chi connectivity index (χ4n) is 1.17. The Bertz CT molecular complexity index is 400. The van der Waals surface area contributed by atoms with Crippen molar-refractivity contribution in [2.45, 2.75) is 32.9 Å². The van der Waals surface area contributed by atoms with Crippen LogP contribution in [0.1, 0.15) is 26.5 Å². The number of carbonyl (C=O) groups is 1. The molecule has 1 amide bonds. The molecule has 0 aromatic carbocycles. The Hall–Kier alpha value is -1.60. The van der Waals surface area contributed by atoms with Gasteiger partial charge in [0.05, 0.1) is 12.2 Å². The summed E-state index contributed by atoms with van der Waals surface area (Å²) in [6.45, 7) is 5.56. The van der Waals surface area contributed by atoms with Gasteiger partial charge in [0, 0.05) is 11.7 Å². The van der Waals surface area contributed by atoms with E-state index in [4.69, 9.17) is 14.8 Å². The second-order valence-electron chi connectivity index (χ2n) is 4.81. The molecule has 0 saturated heterocycles. The van der Waals surface area contributed by atoms with Gasteiger partial charge in [0.1, 0.15) is 5.60 Å². The van der Waals surface area contributed by atoms with Gasteiger partial charge in [0.25, 0.3) is 0 Å². The number of amides is 1. The largest absolute Gasteiger partial charge is 0.490 e. The highest BCUT2D eigenvalue weighted by molar-refractivity contribution is 6.58. The first kappa shape index (κ1) is 14.5. The Morgan fingerprint density at radius 1 is 1.44 bits per heavy atom. The topological polar surface area (TPSA) is 91.7 Å². The van der Waals surface area contributed by atoms with Crippen LogP contribution in [0.25, 0.3) is 0 Å². The second kappa shape index (κ2) is 5.84. The van der Waals surface area contributed by atoms with Gasteiger partial charge in [-0.2, -0.15) is 0 Å². The molecule has 0 bridgehead atoms. The lowest BCUT2D eigenvalue weighted by molar-refractivity contribution is 0.0523. The molecule has 0 aliphatic rings. The molecule has 0 unspecified atom stereocenters. The maximum Gasteiger partial charge on any atom is 0.490 e. The molecule has 3 N–H and O–H groups in total. The highest BCUT2D eigenvalue weighted by atomic mass is 16.6. The van der Waals surface area contributed by atoms with Crippen molar-refractivity contribution in [3.63, 3.8) is 0 Å². The minimum atomic E-state index is -1.54. The van der Waals surface area contributed by atoms with E-state index in [0.717, 1.165) is 0 Å². The van der Waals surface area contributed by atoms with E-state index in [2.05, 4.69) is 10.3 Å². The smallest absolute Gasteiger partial charge is 0.444 e. The molecule has 98 valence electrons. The Kier molecular flexibility index (Phi) is 4.69. The molecule has 0 radical (unpaired) electrons. The minimum absolute atomic E-state index is 0.219. The van der Waals surface area contributed by atoms with Crippen LogP contribution in [-0.4, -0.2) is 33.8 Å². The van der Waals surface area contributed by atoms with Crippen molar-refractivity contribution in [1.29, 1.82) is 0 Å².